The third kappa shape index (κ3) is 2.53. The van der Waals surface area contributed by atoms with E-state index in [9.17, 15) is 9.18 Å². The first kappa shape index (κ1) is 13.0. The molecule has 1 fully saturated rings. The SMILES string of the molecule is CC(CC(=O)O)(c1ccc(F)cc1)N1CCCC1. The minimum Gasteiger partial charge on any atom is -0.481 e. The Hall–Kier alpha value is -1.42. The molecule has 1 aliphatic rings. The molecular formula is C14H18FNO2. The maximum atomic E-state index is 13.0. The van der Waals surface area contributed by atoms with Gasteiger partial charge in [0.05, 0.1) is 12.0 Å². The number of carboxylic acids is 1. The van der Waals surface area contributed by atoms with E-state index in [2.05, 4.69) is 4.90 Å². The Kier molecular flexibility index (Phi) is 3.66. The third-order valence-corrected chi connectivity index (χ3v) is 3.77. The van der Waals surface area contributed by atoms with Gasteiger partial charge in [0.1, 0.15) is 5.82 Å². The first-order chi connectivity index (χ1) is 8.52. The average Bonchev–Trinajstić information content (AvgIpc) is 2.82. The van der Waals surface area contributed by atoms with Crippen LogP contribution in [0, 0.1) is 5.82 Å². The quantitative estimate of drug-likeness (QED) is 0.894. The molecule has 1 aromatic rings. The van der Waals surface area contributed by atoms with Crippen LogP contribution in [0.3, 0.4) is 0 Å². The van der Waals surface area contributed by atoms with Crippen LogP contribution in [-0.4, -0.2) is 29.1 Å². The number of rotatable bonds is 4. The molecule has 0 aromatic heterocycles. The van der Waals surface area contributed by atoms with E-state index >= 15 is 0 Å². The summed E-state index contributed by atoms with van der Waals surface area (Å²) in [5.41, 5.74) is 0.323. The minimum absolute atomic E-state index is 0.0403. The summed E-state index contributed by atoms with van der Waals surface area (Å²) < 4.78 is 13.0. The molecule has 0 bridgehead atoms. The standard InChI is InChI=1S/C14H18FNO2/c1-14(10-13(17)18,16-8-2-3-9-16)11-4-6-12(15)7-5-11/h4-7H,2-3,8-10H2,1H3,(H,17,18). The topological polar surface area (TPSA) is 40.5 Å². The largest absolute Gasteiger partial charge is 0.481 e. The number of aliphatic carboxylic acids is 1. The summed E-state index contributed by atoms with van der Waals surface area (Å²) in [7, 11) is 0. The van der Waals surface area contributed by atoms with Gasteiger partial charge in [0.25, 0.3) is 0 Å². The molecule has 2 rings (SSSR count). The molecule has 18 heavy (non-hydrogen) atoms. The highest BCUT2D eigenvalue weighted by molar-refractivity contribution is 5.68. The van der Waals surface area contributed by atoms with Crippen LogP contribution in [0.15, 0.2) is 24.3 Å². The average molecular weight is 251 g/mol. The van der Waals surface area contributed by atoms with E-state index in [0.717, 1.165) is 31.5 Å². The Morgan fingerprint density at radius 1 is 1.33 bits per heavy atom. The van der Waals surface area contributed by atoms with Crippen LogP contribution >= 0.6 is 0 Å². The van der Waals surface area contributed by atoms with Crippen molar-refractivity contribution in [2.45, 2.75) is 31.7 Å². The summed E-state index contributed by atoms with van der Waals surface area (Å²) in [5, 5.41) is 9.12. The van der Waals surface area contributed by atoms with Crippen LogP contribution < -0.4 is 0 Å². The number of carboxylic acid groups (broad SMARTS) is 1. The van der Waals surface area contributed by atoms with E-state index in [0.29, 0.717) is 0 Å². The fourth-order valence-electron chi connectivity index (χ4n) is 2.71. The van der Waals surface area contributed by atoms with Crippen molar-refractivity contribution in [1.82, 2.24) is 4.90 Å². The van der Waals surface area contributed by atoms with Crippen LogP contribution in [0.4, 0.5) is 4.39 Å². The lowest BCUT2D eigenvalue weighted by Gasteiger charge is -2.38. The molecule has 1 saturated heterocycles. The van der Waals surface area contributed by atoms with Gasteiger partial charge in [-0.15, -0.1) is 0 Å². The first-order valence-corrected chi connectivity index (χ1v) is 6.25. The zero-order valence-corrected chi connectivity index (χ0v) is 10.5. The fourth-order valence-corrected chi connectivity index (χ4v) is 2.71. The predicted molar refractivity (Wildman–Crippen MR) is 66.8 cm³/mol. The van der Waals surface area contributed by atoms with Crippen LogP contribution in [0.2, 0.25) is 0 Å². The second-order valence-corrected chi connectivity index (χ2v) is 5.05. The highest BCUT2D eigenvalue weighted by atomic mass is 19.1. The van der Waals surface area contributed by atoms with E-state index in [1.807, 2.05) is 6.92 Å². The molecule has 4 heteroatoms. The molecule has 0 radical (unpaired) electrons. The Labute approximate surface area is 106 Å². The molecule has 1 atom stereocenters. The van der Waals surface area contributed by atoms with Crippen molar-refractivity contribution in [3.8, 4) is 0 Å². The van der Waals surface area contributed by atoms with Crippen molar-refractivity contribution in [2.75, 3.05) is 13.1 Å². The molecule has 0 spiro atoms. The number of hydrogen-bond acceptors (Lipinski definition) is 2. The van der Waals surface area contributed by atoms with Crippen LogP contribution in [-0.2, 0) is 10.3 Å². The number of benzene rings is 1. The lowest BCUT2D eigenvalue weighted by molar-refractivity contribution is -0.140. The number of carbonyl (C=O) groups is 1. The van der Waals surface area contributed by atoms with Gasteiger partial charge in [0.2, 0.25) is 0 Å². The fraction of sp³-hybridized carbons (Fsp3) is 0.500. The maximum Gasteiger partial charge on any atom is 0.305 e. The van der Waals surface area contributed by atoms with Gasteiger partial charge in [-0.2, -0.15) is 0 Å². The molecule has 1 N–H and O–H groups in total. The van der Waals surface area contributed by atoms with Crippen molar-refractivity contribution in [3.05, 3.63) is 35.6 Å². The molecule has 0 saturated carbocycles. The van der Waals surface area contributed by atoms with Gasteiger partial charge in [-0.25, -0.2) is 4.39 Å². The normalized spacial score (nSPS) is 19.7. The Morgan fingerprint density at radius 3 is 2.39 bits per heavy atom. The number of likely N-dealkylation sites (tertiary alicyclic amines) is 1. The summed E-state index contributed by atoms with van der Waals surface area (Å²) in [6.45, 7) is 3.74. The van der Waals surface area contributed by atoms with Crippen LogP contribution in [0.25, 0.3) is 0 Å². The molecule has 0 amide bonds. The number of halogens is 1. The van der Waals surface area contributed by atoms with Crippen molar-refractivity contribution >= 4 is 5.97 Å². The minimum atomic E-state index is -0.825. The molecule has 0 aliphatic carbocycles. The third-order valence-electron chi connectivity index (χ3n) is 3.77. The van der Waals surface area contributed by atoms with Crippen molar-refractivity contribution in [1.29, 1.82) is 0 Å². The Morgan fingerprint density at radius 2 is 1.89 bits per heavy atom. The molecule has 1 aromatic carbocycles. The van der Waals surface area contributed by atoms with E-state index in [-0.39, 0.29) is 12.2 Å². The summed E-state index contributed by atoms with van der Waals surface area (Å²) in [6, 6.07) is 6.17. The van der Waals surface area contributed by atoms with Crippen molar-refractivity contribution < 1.29 is 14.3 Å². The zero-order valence-electron chi connectivity index (χ0n) is 10.5. The van der Waals surface area contributed by atoms with Gasteiger partial charge in [-0.3, -0.25) is 9.69 Å². The highest BCUT2D eigenvalue weighted by Gasteiger charge is 2.37. The van der Waals surface area contributed by atoms with E-state index < -0.39 is 11.5 Å². The van der Waals surface area contributed by atoms with Crippen LogP contribution in [0.5, 0.6) is 0 Å². The number of nitrogens with zero attached hydrogens (tertiary/aromatic N) is 1. The first-order valence-electron chi connectivity index (χ1n) is 6.25. The number of hydrogen-bond donors (Lipinski definition) is 1. The van der Waals surface area contributed by atoms with Crippen molar-refractivity contribution in [3.63, 3.8) is 0 Å². The molecule has 1 heterocycles. The molecule has 1 unspecified atom stereocenters. The van der Waals surface area contributed by atoms with E-state index in [4.69, 9.17) is 5.11 Å². The monoisotopic (exact) mass is 251 g/mol. The lowest BCUT2D eigenvalue weighted by atomic mass is 9.87. The highest BCUT2D eigenvalue weighted by Crippen LogP contribution is 2.34. The maximum absolute atomic E-state index is 13.0. The van der Waals surface area contributed by atoms with Gasteiger partial charge < -0.3 is 5.11 Å². The van der Waals surface area contributed by atoms with E-state index in [1.165, 1.54) is 12.1 Å². The van der Waals surface area contributed by atoms with Gasteiger partial charge in [-0.1, -0.05) is 12.1 Å². The zero-order chi connectivity index (χ0) is 13.2. The van der Waals surface area contributed by atoms with Gasteiger partial charge in [0, 0.05) is 0 Å². The summed E-state index contributed by atoms with van der Waals surface area (Å²) in [4.78, 5) is 13.3. The Bertz CT molecular complexity index is 426. The smallest absolute Gasteiger partial charge is 0.305 e. The molecule has 98 valence electrons. The second-order valence-electron chi connectivity index (χ2n) is 5.05. The van der Waals surface area contributed by atoms with E-state index in [1.54, 1.807) is 12.1 Å². The molecule has 3 nitrogen and oxygen atoms in total. The Balaban J connectivity index is 2.33. The predicted octanol–water partition coefficient (Wildman–Crippen LogP) is 2.61. The van der Waals surface area contributed by atoms with Crippen molar-refractivity contribution in [2.24, 2.45) is 0 Å². The van der Waals surface area contributed by atoms with Gasteiger partial charge in [-0.05, 0) is 50.6 Å². The van der Waals surface area contributed by atoms with Gasteiger partial charge in [0.15, 0.2) is 0 Å². The molecule has 1 aliphatic heterocycles. The summed E-state index contributed by atoms with van der Waals surface area (Å²) in [5.74, 6) is -1.12. The summed E-state index contributed by atoms with van der Waals surface area (Å²) in [6.07, 6.45) is 2.23. The van der Waals surface area contributed by atoms with Gasteiger partial charge >= 0.3 is 5.97 Å². The van der Waals surface area contributed by atoms with Crippen LogP contribution in [0.1, 0.15) is 31.7 Å². The molecular weight excluding hydrogens is 233 g/mol. The summed E-state index contributed by atoms with van der Waals surface area (Å²) >= 11 is 0. The lowest BCUT2D eigenvalue weighted by Crippen LogP contribution is -2.43. The second kappa shape index (κ2) is 5.06.